The molecule has 2 aromatic carbocycles. The molecule has 4 aliphatic heterocycles. The maximum atomic E-state index is 14.9. The zero-order chi connectivity index (χ0) is 49.7. The Bertz CT molecular complexity index is 2530. The number of piperidine rings is 1. The number of nitro groups is 1. The van der Waals surface area contributed by atoms with E-state index in [1.54, 1.807) is 58.3 Å². The number of rotatable bonds is 6. The predicted octanol–water partition coefficient (Wildman–Crippen LogP) is 5.87. The van der Waals surface area contributed by atoms with Crippen molar-refractivity contribution >= 4 is 51.3 Å². The number of ether oxygens (including phenoxy) is 4. The average Bonchev–Trinajstić information content (AvgIpc) is 3.95. The predicted molar refractivity (Wildman–Crippen MR) is 251 cm³/mol. The van der Waals surface area contributed by atoms with Crippen LogP contribution in [-0.2, 0) is 30.3 Å². The molecule has 0 radical (unpaired) electrons. The second-order valence-electron chi connectivity index (χ2n) is 19.2. The van der Waals surface area contributed by atoms with Crippen molar-refractivity contribution in [3.05, 3.63) is 57.8 Å². The molecule has 7 N–H and O–H groups in total. The monoisotopic (exact) mass is 947 g/mol. The standard InChI is InChI=1S/C48H65N7O13/c1-23-12-11-13-24(2)46(62)50-38-37-36(51-48(52-37)15-17-53(18-16-48)19-20-54-29(7)49-22-32(54)55(63)64)33-34(42(38)60)41(59)28(6)44-35(33)45(61)47(9,68-44)66-21-14-31(65-10)25(3)43(67-30(8)56)27(5)40(58)26(4)39(23)57/h11,13-14,21-27,31,39-40,43,51-52,57-60H,12,15-20H2,1-10H3,(H,50,62)/b13-11+,21-14+/t23-,24+,25+,26+,27+,31-,39-,40+,43+,47-/m0/s1. The highest BCUT2D eigenvalue weighted by Crippen LogP contribution is 2.59. The second-order valence-corrected chi connectivity index (χ2v) is 19.2. The number of allylic oxidation sites excluding steroid dienone is 1. The number of methoxy groups -OCH3 is 1. The molecule has 68 heavy (non-hydrogen) atoms. The summed E-state index contributed by atoms with van der Waals surface area (Å²) in [6.45, 7) is 16.6. The Kier molecular flexibility index (Phi) is 14.1. The summed E-state index contributed by atoms with van der Waals surface area (Å²) in [6, 6.07) is 0. The van der Waals surface area contributed by atoms with E-state index in [2.05, 4.69) is 25.8 Å². The molecule has 1 saturated heterocycles. The van der Waals surface area contributed by atoms with Crippen LogP contribution in [0.25, 0.3) is 10.8 Å². The second kappa shape index (κ2) is 19.2. The van der Waals surface area contributed by atoms with Gasteiger partial charge in [-0.05, 0) is 30.3 Å². The summed E-state index contributed by atoms with van der Waals surface area (Å²) >= 11 is 0. The highest BCUT2D eigenvalue weighted by molar-refractivity contribution is 6.26. The lowest BCUT2D eigenvalue weighted by molar-refractivity contribution is -0.392. The number of imidazole rings is 1. The summed E-state index contributed by atoms with van der Waals surface area (Å²) in [4.78, 5) is 58.9. The van der Waals surface area contributed by atoms with Crippen molar-refractivity contribution in [3.63, 3.8) is 0 Å². The van der Waals surface area contributed by atoms with Crippen molar-refractivity contribution < 1.29 is 58.7 Å². The van der Waals surface area contributed by atoms with Crippen LogP contribution in [0.2, 0.25) is 0 Å². The van der Waals surface area contributed by atoms with Gasteiger partial charge in [-0.3, -0.25) is 19.3 Å². The number of benzene rings is 2. The SMILES string of the molecule is CO[C@H]1/C=C/O[C@@]2(C)Oc3c(C)c(O)c4c(O)c(c5c(c4c3C2=O)NC2(CCN(CCn3c([N+](=O)[O-])cnc3C)CC2)N5)NC(=O)[C@H](C)/C=C/C[C@H](C)[C@H](O)[C@@H](C)[C@@H](O)[C@@H](C)[C@H](OC(C)=O)[C@@H]1C. The summed E-state index contributed by atoms with van der Waals surface area (Å²) in [5, 5.41) is 69.0. The molecule has 1 aromatic heterocycles. The first-order valence-electron chi connectivity index (χ1n) is 23.2. The number of hydrogen-bond donors (Lipinski definition) is 7. The largest absolute Gasteiger partial charge is 0.507 e. The maximum absolute atomic E-state index is 14.9. The number of aryl methyl sites for hydroxylation is 1. The molecular formula is C48H65N7O13. The lowest BCUT2D eigenvalue weighted by Crippen LogP contribution is -2.52. The summed E-state index contributed by atoms with van der Waals surface area (Å²) in [7, 11) is 1.46. The Hall–Kier alpha value is -5.96. The van der Waals surface area contributed by atoms with E-state index in [0.29, 0.717) is 57.0 Å². The number of ketones is 1. The molecule has 1 spiro atoms. The van der Waals surface area contributed by atoms with E-state index >= 15 is 0 Å². The van der Waals surface area contributed by atoms with E-state index in [0.717, 1.165) is 0 Å². The third-order valence-electron chi connectivity index (χ3n) is 14.6. The number of nitrogens with zero attached hydrogens (tertiary/aromatic N) is 4. The number of nitrogens with one attached hydrogen (secondary N) is 3. The van der Waals surface area contributed by atoms with Crippen molar-refractivity contribution in [2.24, 2.45) is 29.6 Å². The number of carbonyl (C=O) groups excluding carboxylic acids is 3. The normalized spacial score (nSPS) is 30.8. The van der Waals surface area contributed by atoms with Crippen LogP contribution >= 0.6 is 0 Å². The zero-order valence-electron chi connectivity index (χ0n) is 40.3. The van der Waals surface area contributed by atoms with Crippen LogP contribution in [-0.4, -0.2) is 120 Å². The van der Waals surface area contributed by atoms with Gasteiger partial charge >= 0.3 is 17.6 Å². The van der Waals surface area contributed by atoms with Gasteiger partial charge in [0.15, 0.2) is 11.6 Å². The van der Waals surface area contributed by atoms with Crippen molar-refractivity contribution in [2.75, 3.05) is 42.7 Å². The van der Waals surface area contributed by atoms with Gasteiger partial charge in [0.25, 0.3) is 5.78 Å². The third kappa shape index (κ3) is 9.05. The Morgan fingerprint density at radius 3 is 2.28 bits per heavy atom. The van der Waals surface area contributed by atoms with Crippen LogP contribution in [0.5, 0.6) is 17.2 Å². The number of fused-ring (bicyclic) bond motifs is 1. The van der Waals surface area contributed by atoms with E-state index < -0.39 is 87.9 Å². The number of phenols is 2. The fourth-order valence-electron chi connectivity index (χ4n) is 10.3. The van der Waals surface area contributed by atoms with E-state index in [1.807, 2.05) is 6.92 Å². The van der Waals surface area contributed by atoms with Gasteiger partial charge in [-0.2, -0.15) is 0 Å². The third-order valence-corrected chi connectivity index (χ3v) is 14.6. The minimum atomic E-state index is -1.99. The number of amides is 1. The molecule has 20 nitrogen and oxygen atoms in total. The molecule has 4 bridgehead atoms. The lowest BCUT2D eigenvalue weighted by atomic mass is 9.78. The van der Waals surface area contributed by atoms with Gasteiger partial charge in [-0.1, -0.05) is 46.8 Å². The highest BCUT2D eigenvalue weighted by atomic mass is 16.7. The number of aromatic nitrogens is 2. The number of aliphatic hydroxyl groups is 2. The van der Waals surface area contributed by atoms with Crippen molar-refractivity contribution in [2.45, 2.75) is 124 Å². The minimum Gasteiger partial charge on any atom is -0.507 e. The molecule has 0 unspecified atom stereocenters. The minimum absolute atomic E-state index is 0.0163. The molecule has 0 saturated carbocycles. The van der Waals surface area contributed by atoms with Gasteiger partial charge in [0, 0.05) is 89.1 Å². The Labute approximate surface area is 394 Å². The molecule has 1 amide bonds. The maximum Gasteiger partial charge on any atom is 0.342 e. The average molecular weight is 948 g/mol. The van der Waals surface area contributed by atoms with Crippen molar-refractivity contribution in [3.8, 4) is 17.2 Å². The molecular weight excluding hydrogens is 883 g/mol. The first kappa shape index (κ1) is 49.9. The molecule has 3 aromatic rings. The highest BCUT2D eigenvalue weighted by Gasteiger charge is 2.51. The molecule has 7 rings (SSSR count). The number of Topliss-reactive ketones (excluding diaryl/α,β-unsaturated/α-hetero) is 1. The van der Waals surface area contributed by atoms with E-state index in [4.69, 9.17) is 18.9 Å². The molecule has 20 heteroatoms. The summed E-state index contributed by atoms with van der Waals surface area (Å²) in [5.74, 6) is -7.12. The van der Waals surface area contributed by atoms with E-state index in [1.165, 1.54) is 39.5 Å². The lowest BCUT2D eigenvalue weighted by Gasteiger charge is -2.40. The van der Waals surface area contributed by atoms with Crippen molar-refractivity contribution in [1.82, 2.24) is 14.5 Å². The van der Waals surface area contributed by atoms with Crippen LogP contribution in [0.15, 0.2) is 30.7 Å². The number of aliphatic hydroxyl groups excluding tert-OH is 2. The fraction of sp³-hybridized carbons (Fsp3) is 0.583. The van der Waals surface area contributed by atoms with Crippen molar-refractivity contribution in [1.29, 1.82) is 0 Å². The van der Waals surface area contributed by atoms with Gasteiger partial charge in [-0.15, -0.1) is 0 Å². The molecule has 370 valence electrons. The van der Waals surface area contributed by atoms with Gasteiger partial charge in [0.1, 0.15) is 41.7 Å². The number of anilines is 3. The summed E-state index contributed by atoms with van der Waals surface area (Å²) < 4.78 is 25.6. The van der Waals surface area contributed by atoms with Gasteiger partial charge in [0.2, 0.25) is 5.91 Å². The van der Waals surface area contributed by atoms with Crippen LogP contribution < -0.4 is 20.7 Å². The molecule has 1 fully saturated rings. The zero-order valence-corrected chi connectivity index (χ0v) is 40.3. The van der Waals surface area contributed by atoms with Gasteiger partial charge in [0.05, 0.1) is 52.8 Å². The molecule has 5 heterocycles. The number of esters is 1. The summed E-state index contributed by atoms with van der Waals surface area (Å²) in [6.07, 6.45) is 5.03. The van der Waals surface area contributed by atoms with Gasteiger partial charge in [-0.25, -0.2) is 9.55 Å². The smallest absolute Gasteiger partial charge is 0.342 e. The Balaban J connectivity index is 1.29. The van der Waals surface area contributed by atoms with Crippen LogP contribution in [0.1, 0.15) is 89.5 Å². The number of likely N-dealkylation sites (tertiary alicyclic amines) is 1. The number of phenolic OH excluding ortho intramolecular Hbond substituents is 2. The number of aromatic hydroxyl groups is 2. The Morgan fingerprint density at radius 1 is 0.956 bits per heavy atom. The molecule has 0 aliphatic carbocycles. The fourth-order valence-corrected chi connectivity index (χ4v) is 10.3. The Morgan fingerprint density at radius 2 is 1.63 bits per heavy atom. The van der Waals surface area contributed by atoms with Crippen LogP contribution in [0, 0.1) is 53.6 Å². The first-order chi connectivity index (χ1) is 32.0. The van der Waals surface area contributed by atoms with Crippen LogP contribution in [0.4, 0.5) is 22.9 Å². The molecule has 10 atom stereocenters. The van der Waals surface area contributed by atoms with E-state index in [-0.39, 0.29) is 56.5 Å². The molecule has 4 aliphatic rings. The first-order valence-corrected chi connectivity index (χ1v) is 23.2. The van der Waals surface area contributed by atoms with E-state index in [9.17, 15) is 44.9 Å². The number of hydrogen-bond acceptors (Lipinski definition) is 17. The number of carbonyl (C=O) groups is 3. The quantitative estimate of drug-likeness (QED) is 0.0380. The van der Waals surface area contributed by atoms with Gasteiger partial charge < -0.3 is 65.4 Å². The topological polar surface area (TPSA) is 269 Å². The summed E-state index contributed by atoms with van der Waals surface area (Å²) in [5.41, 5.74) is -0.0829. The van der Waals surface area contributed by atoms with Crippen LogP contribution in [0.3, 0.4) is 0 Å².